The lowest BCUT2D eigenvalue weighted by molar-refractivity contribution is 0.338. The SMILES string of the molecule is NNC(CCC1CCCC1)C1CCCc2cccnc21. The van der Waals surface area contributed by atoms with Crippen LogP contribution in [0, 0.1) is 5.92 Å². The number of hydrogen-bond acceptors (Lipinski definition) is 3. The second kappa shape index (κ2) is 6.68. The molecular weight excluding hydrogens is 246 g/mol. The van der Waals surface area contributed by atoms with Gasteiger partial charge in [0.15, 0.2) is 0 Å². The number of pyridine rings is 1. The number of fused-ring (bicyclic) bond motifs is 1. The van der Waals surface area contributed by atoms with Crippen LogP contribution in [0.15, 0.2) is 18.3 Å². The van der Waals surface area contributed by atoms with Crippen LogP contribution >= 0.6 is 0 Å². The standard InChI is InChI=1S/C17H27N3/c18-20-16(11-10-13-5-1-2-6-13)15-9-3-7-14-8-4-12-19-17(14)15/h4,8,12-13,15-16,20H,1-3,5-7,9-11,18H2. The fraction of sp³-hybridized carbons (Fsp3) is 0.706. The maximum atomic E-state index is 5.87. The highest BCUT2D eigenvalue weighted by molar-refractivity contribution is 5.27. The minimum atomic E-state index is 0.393. The van der Waals surface area contributed by atoms with Gasteiger partial charge in [0.05, 0.1) is 0 Å². The number of nitrogens with one attached hydrogen (secondary N) is 1. The first-order chi connectivity index (χ1) is 9.88. The van der Waals surface area contributed by atoms with E-state index in [0.29, 0.717) is 12.0 Å². The van der Waals surface area contributed by atoms with Crippen molar-refractivity contribution in [1.29, 1.82) is 0 Å². The van der Waals surface area contributed by atoms with Crippen molar-refractivity contribution >= 4 is 0 Å². The van der Waals surface area contributed by atoms with Gasteiger partial charge in [-0.3, -0.25) is 16.3 Å². The van der Waals surface area contributed by atoms with Gasteiger partial charge in [0.1, 0.15) is 0 Å². The molecule has 0 aliphatic heterocycles. The molecule has 1 aromatic heterocycles. The van der Waals surface area contributed by atoms with Gasteiger partial charge in [0, 0.05) is 23.9 Å². The molecule has 2 aliphatic rings. The van der Waals surface area contributed by atoms with Crippen LogP contribution in [-0.2, 0) is 6.42 Å². The predicted molar refractivity (Wildman–Crippen MR) is 82.2 cm³/mol. The Morgan fingerprint density at radius 1 is 1.25 bits per heavy atom. The summed E-state index contributed by atoms with van der Waals surface area (Å²) in [6.45, 7) is 0. The number of aryl methyl sites for hydroxylation is 1. The first-order valence-electron chi connectivity index (χ1n) is 8.28. The van der Waals surface area contributed by atoms with Crippen LogP contribution in [0.1, 0.15) is 68.5 Å². The van der Waals surface area contributed by atoms with Crippen molar-refractivity contribution in [1.82, 2.24) is 10.4 Å². The lowest BCUT2D eigenvalue weighted by Gasteiger charge is -2.31. The summed E-state index contributed by atoms with van der Waals surface area (Å²) in [5.74, 6) is 7.32. The van der Waals surface area contributed by atoms with Crippen LogP contribution in [0.2, 0.25) is 0 Å². The number of nitrogens with zero attached hydrogens (tertiary/aromatic N) is 1. The Morgan fingerprint density at radius 3 is 2.90 bits per heavy atom. The molecule has 0 spiro atoms. The summed E-state index contributed by atoms with van der Waals surface area (Å²) in [5, 5.41) is 0. The molecule has 3 heteroatoms. The Bertz CT molecular complexity index is 426. The second-order valence-electron chi connectivity index (χ2n) is 6.55. The number of aromatic nitrogens is 1. The molecule has 0 bridgehead atoms. The molecule has 3 rings (SSSR count). The molecule has 1 fully saturated rings. The molecule has 0 radical (unpaired) electrons. The molecular formula is C17H27N3. The number of rotatable bonds is 5. The maximum absolute atomic E-state index is 5.87. The lowest BCUT2D eigenvalue weighted by Crippen LogP contribution is -2.41. The third kappa shape index (κ3) is 3.04. The highest BCUT2D eigenvalue weighted by Crippen LogP contribution is 2.35. The van der Waals surface area contributed by atoms with Crippen LogP contribution in [0.5, 0.6) is 0 Å². The van der Waals surface area contributed by atoms with Crippen molar-refractivity contribution in [2.45, 2.75) is 69.7 Å². The van der Waals surface area contributed by atoms with E-state index in [9.17, 15) is 0 Å². The zero-order chi connectivity index (χ0) is 13.8. The van der Waals surface area contributed by atoms with Gasteiger partial charge in [-0.05, 0) is 49.7 Å². The average Bonchev–Trinajstić information content (AvgIpc) is 3.01. The largest absolute Gasteiger partial charge is 0.271 e. The van der Waals surface area contributed by atoms with Crippen molar-refractivity contribution in [2.75, 3.05) is 0 Å². The summed E-state index contributed by atoms with van der Waals surface area (Å²) < 4.78 is 0. The minimum absolute atomic E-state index is 0.393. The van der Waals surface area contributed by atoms with E-state index in [4.69, 9.17) is 5.84 Å². The molecule has 110 valence electrons. The summed E-state index contributed by atoms with van der Waals surface area (Å²) >= 11 is 0. The third-order valence-electron chi connectivity index (χ3n) is 5.30. The highest BCUT2D eigenvalue weighted by Gasteiger charge is 2.29. The van der Waals surface area contributed by atoms with Crippen molar-refractivity contribution in [3.63, 3.8) is 0 Å². The van der Waals surface area contributed by atoms with Crippen molar-refractivity contribution in [3.8, 4) is 0 Å². The van der Waals surface area contributed by atoms with Crippen LogP contribution in [0.3, 0.4) is 0 Å². The van der Waals surface area contributed by atoms with Gasteiger partial charge in [-0.25, -0.2) is 0 Å². The minimum Gasteiger partial charge on any atom is -0.271 e. The van der Waals surface area contributed by atoms with Crippen LogP contribution in [0.4, 0.5) is 0 Å². The fourth-order valence-electron chi connectivity index (χ4n) is 4.15. The Balaban J connectivity index is 1.66. The zero-order valence-electron chi connectivity index (χ0n) is 12.4. The van der Waals surface area contributed by atoms with Gasteiger partial charge in [-0.1, -0.05) is 31.7 Å². The monoisotopic (exact) mass is 273 g/mol. The summed E-state index contributed by atoms with van der Waals surface area (Å²) in [6, 6.07) is 4.69. The average molecular weight is 273 g/mol. The molecule has 1 aromatic rings. The first-order valence-corrected chi connectivity index (χ1v) is 8.28. The predicted octanol–water partition coefficient (Wildman–Crippen LogP) is 3.30. The zero-order valence-corrected chi connectivity index (χ0v) is 12.4. The number of nitrogens with two attached hydrogens (primary N) is 1. The van der Waals surface area contributed by atoms with E-state index < -0.39 is 0 Å². The normalized spacial score (nSPS) is 24.6. The van der Waals surface area contributed by atoms with E-state index in [1.54, 1.807) is 0 Å². The summed E-state index contributed by atoms with van der Waals surface area (Å²) in [5.41, 5.74) is 5.83. The molecule has 3 nitrogen and oxygen atoms in total. The second-order valence-corrected chi connectivity index (χ2v) is 6.55. The number of hydrogen-bond donors (Lipinski definition) is 2. The smallest absolute Gasteiger partial charge is 0.0482 e. The molecule has 3 N–H and O–H groups in total. The van der Waals surface area contributed by atoms with E-state index in [1.165, 1.54) is 69.0 Å². The summed E-state index contributed by atoms with van der Waals surface area (Å²) in [4.78, 5) is 4.65. The molecule has 0 aromatic carbocycles. The van der Waals surface area contributed by atoms with Crippen LogP contribution < -0.4 is 11.3 Å². The van der Waals surface area contributed by atoms with E-state index in [0.717, 1.165) is 5.92 Å². The Hall–Kier alpha value is -0.930. The molecule has 1 saturated carbocycles. The van der Waals surface area contributed by atoms with Gasteiger partial charge < -0.3 is 0 Å². The topological polar surface area (TPSA) is 50.9 Å². The quantitative estimate of drug-likeness (QED) is 0.639. The van der Waals surface area contributed by atoms with E-state index in [-0.39, 0.29) is 0 Å². The fourth-order valence-corrected chi connectivity index (χ4v) is 4.15. The molecule has 2 aliphatic carbocycles. The van der Waals surface area contributed by atoms with Crippen LogP contribution in [0.25, 0.3) is 0 Å². The van der Waals surface area contributed by atoms with Gasteiger partial charge in [-0.2, -0.15) is 0 Å². The Morgan fingerprint density at radius 2 is 2.10 bits per heavy atom. The van der Waals surface area contributed by atoms with E-state index in [2.05, 4.69) is 22.5 Å². The molecule has 0 amide bonds. The molecule has 1 heterocycles. The molecule has 2 unspecified atom stereocenters. The van der Waals surface area contributed by atoms with Gasteiger partial charge in [-0.15, -0.1) is 0 Å². The van der Waals surface area contributed by atoms with Crippen molar-refractivity contribution in [2.24, 2.45) is 11.8 Å². The third-order valence-corrected chi connectivity index (χ3v) is 5.30. The summed E-state index contributed by atoms with van der Waals surface area (Å²) in [7, 11) is 0. The Kier molecular flexibility index (Phi) is 4.69. The highest BCUT2D eigenvalue weighted by atomic mass is 15.2. The molecule has 0 saturated heterocycles. The molecule has 2 atom stereocenters. The van der Waals surface area contributed by atoms with Gasteiger partial charge in [0.2, 0.25) is 0 Å². The number of hydrazine groups is 1. The van der Waals surface area contributed by atoms with E-state index in [1.807, 2.05) is 6.20 Å². The Labute approximate surface area is 122 Å². The van der Waals surface area contributed by atoms with E-state index >= 15 is 0 Å². The lowest BCUT2D eigenvalue weighted by atomic mass is 9.80. The maximum Gasteiger partial charge on any atom is 0.0482 e. The molecule has 20 heavy (non-hydrogen) atoms. The summed E-state index contributed by atoms with van der Waals surface area (Å²) in [6.07, 6.45) is 13.8. The van der Waals surface area contributed by atoms with Crippen LogP contribution in [-0.4, -0.2) is 11.0 Å². The van der Waals surface area contributed by atoms with Crippen molar-refractivity contribution in [3.05, 3.63) is 29.6 Å². The van der Waals surface area contributed by atoms with Gasteiger partial charge >= 0.3 is 0 Å². The van der Waals surface area contributed by atoms with Gasteiger partial charge in [0.25, 0.3) is 0 Å². The first kappa shape index (κ1) is 14.0. The van der Waals surface area contributed by atoms with Crippen molar-refractivity contribution < 1.29 is 0 Å².